The molecule has 0 saturated carbocycles. The van der Waals surface area contributed by atoms with Crippen LogP contribution in [-0.4, -0.2) is 17.4 Å². The van der Waals surface area contributed by atoms with Gasteiger partial charge in [-0.05, 0) is 34.0 Å². The molecule has 1 heterocycles. The van der Waals surface area contributed by atoms with Crippen molar-refractivity contribution >= 4 is 21.8 Å². The second-order valence-corrected chi connectivity index (χ2v) is 4.57. The third-order valence-corrected chi connectivity index (χ3v) is 3.13. The fraction of sp³-hybridized carbons (Fsp3) is 0.500. The lowest BCUT2D eigenvalue weighted by Crippen LogP contribution is -2.28. The molecule has 1 aromatic heterocycles. The number of hydrogen-bond acceptors (Lipinski definition) is 2. The van der Waals surface area contributed by atoms with E-state index in [0.29, 0.717) is 16.1 Å². The number of pyridine rings is 1. The van der Waals surface area contributed by atoms with Crippen LogP contribution in [0.4, 0.5) is 0 Å². The van der Waals surface area contributed by atoms with Crippen molar-refractivity contribution in [3.05, 3.63) is 28.5 Å². The lowest BCUT2D eigenvalue weighted by Gasteiger charge is -2.13. The van der Waals surface area contributed by atoms with Crippen LogP contribution in [0.5, 0.6) is 0 Å². The molecule has 0 fully saturated rings. The molecule has 0 atom stereocenters. The SMILES string of the molecule is CCC(CC)CNC(=O)c1ccnc(Br)c1. The molecule has 1 rings (SSSR count). The molecule has 0 unspecified atom stereocenters. The summed E-state index contributed by atoms with van der Waals surface area (Å²) in [5.74, 6) is 0.532. The zero-order valence-corrected chi connectivity index (χ0v) is 11.3. The molecule has 88 valence electrons. The van der Waals surface area contributed by atoms with Gasteiger partial charge in [0.1, 0.15) is 4.60 Å². The summed E-state index contributed by atoms with van der Waals surface area (Å²) in [5, 5.41) is 2.94. The van der Waals surface area contributed by atoms with Crippen molar-refractivity contribution in [2.45, 2.75) is 26.7 Å². The van der Waals surface area contributed by atoms with Gasteiger partial charge in [-0.25, -0.2) is 4.98 Å². The van der Waals surface area contributed by atoms with E-state index in [0.717, 1.165) is 19.4 Å². The lowest BCUT2D eigenvalue weighted by atomic mass is 10.0. The number of hydrogen-bond donors (Lipinski definition) is 1. The topological polar surface area (TPSA) is 42.0 Å². The number of aromatic nitrogens is 1. The number of rotatable bonds is 5. The highest BCUT2D eigenvalue weighted by molar-refractivity contribution is 9.10. The Balaban J connectivity index is 2.52. The number of carbonyl (C=O) groups excluding carboxylic acids is 1. The zero-order chi connectivity index (χ0) is 12.0. The van der Waals surface area contributed by atoms with E-state index in [9.17, 15) is 4.79 Å². The van der Waals surface area contributed by atoms with Crippen molar-refractivity contribution in [1.82, 2.24) is 10.3 Å². The van der Waals surface area contributed by atoms with Crippen molar-refractivity contribution in [2.75, 3.05) is 6.54 Å². The van der Waals surface area contributed by atoms with Crippen molar-refractivity contribution in [3.63, 3.8) is 0 Å². The van der Waals surface area contributed by atoms with E-state index in [-0.39, 0.29) is 5.91 Å². The minimum absolute atomic E-state index is 0.0324. The second-order valence-electron chi connectivity index (χ2n) is 3.76. The van der Waals surface area contributed by atoms with Crippen LogP contribution in [-0.2, 0) is 0 Å². The minimum atomic E-state index is -0.0324. The van der Waals surface area contributed by atoms with E-state index in [2.05, 4.69) is 40.1 Å². The summed E-state index contributed by atoms with van der Waals surface area (Å²) in [5.41, 5.74) is 0.646. The largest absolute Gasteiger partial charge is 0.352 e. The Morgan fingerprint density at radius 1 is 1.50 bits per heavy atom. The smallest absolute Gasteiger partial charge is 0.251 e. The molecule has 0 radical (unpaired) electrons. The third-order valence-electron chi connectivity index (χ3n) is 2.69. The summed E-state index contributed by atoms with van der Waals surface area (Å²) in [6.07, 6.45) is 3.81. The van der Waals surface area contributed by atoms with Gasteiger partial charge >= 0.3 is 0 Å². The fourth-order valence-corrected chi connectivity index (χ4v) is 1.82. The van der Waals surface area contributed by atoms with Gasteiger partial charge in [0.05, 0.1) is 0 Å². The van der Waals surface area contributed by atoms with E-state index in [1.807, 2.05) is 0 Å². The van der Waals surface area contributed by atoms with Gasteiger partial charge in [0.2, 0.25) is 0 Å². The molecule has 1 N–H and O–H groups in total. The van der Waals surface area contributed by atoms with Crippen molar-refractivity contribution in [1.29, 1.82) is 0 Å². The molecule has 0 aliphatic heterocycles. The maximum atomic E-state index is 11.8. The molecule has 0 spiro atoms. The summed E-state index contributed by atoms with van der Waals surface area (Å²) in [4.78, 5) is 15.8. The molecule has 4 heteroatoms. The van der Waals surface area contributed by atoms with E-state index in [1.54, 1.807) is 18.3 Å². The zero-order valence-electron chi connectivity index (χ0n) is 9.66. The van der Waals surface area contributed by atoms with Gasteiger partial charge in [-0.15, -0.1) is 0 Å². The van der Waals surface area contributed by atoms with E-state index >= 15 is 0 Å². The Morgan fingerprint density at radius 3 is 2.75 bits per heavy atom. The van der Waals surface area contributed by atoms with Gasteiger partial charge in [0.15, 0.2) is 0 Å². The summed E-state index contributed by atoms with van der Waals surface area (Å²) in [7, 11) is 0. The Bertz CT molecular complexity index is 351. The maximum absolute atomic E-state index is 11.8. The number of amides is 1. The van der Waals surface area contributed by atoms with Crippen LogP contribution in [0.3, 0.4) is 0 Å². The Hall–Kier alpha value is -0.900. The highest BCUT2D eigenvalue weighted by Gasteiger charge is 2.08. The first-order valence-electron chi connectivity index (χ1n) is 5.57. The second kappa shape index (κ2) is 6.63. The van der Waals surface area contributed by atoms with Crippen molar-refractivity contribution < 1.29 is 4.79 Å². The Labute approximate surface area is 105 Å². The van der Waals surface area contributed by atoms with Crippen LogP contribution in [0.2, 0.25) is 0 Å². The maximum Gasteiger partial charge on any atom is 0.251 e. The molecule has 16 heavy (non-hydrogen) atoms. The standard InChI is InChI=1S/C12H17BrN2O/c1-3-9(4-2)8-15-12(16)10-5-6-14-11(13)7-10/h5-7,9H,3-4,8H2,1-2H3,(H,15,16). The summed E-state index contributed by atoms with van der Waals surface area (Å²) in [6, 6.07) is 3.44. The molecule has 0 saturated heterocycles. The molecule has 1 aromatic rings. The van der Waals surface area contributed by atoms with Gasteiger partial charge in [0, 0.05) is 18.3 Å². The van der Waals surface area contributed by atoms with Gasteiger partial charge in [-0.3, -0.25) is 4.79 Å². The average Bonchev–Trinajstić information content (AvgIpc) is 2.30. The van der Waals surface area contributed by atoms with Crippen LogP contribution in [0, 0.1) is 5.92 Å². The van der Waals surface area contributed by atoms with Crippen molar-refractivity contribution in [3.8, 4) is 0 Å². The van der Waals surface area contributed by atoms with Crippen LogP contribution < -0.4 is 5.32 Å². The third kappa shape index (κ3) is 3.93. The monoisotopic (exact) mass is 284 g/mol. The predicted octanol–water partition coefficient (Wildman–Crippen LogP) is 3.01. The first kappa shape index (κ1) is 13.2. The lowest BCUT2D eigenvalue weighted by molar-refractivity contribution is 0.0946. The number of nitrogens with zero attached hydrogens (tertiary/aromatic N) is 1. The van der Waals surface area contributed by atoms with Gasteiger partial charge in [-0.2, -0.15) is 0 Å². The Morgan fingerprint density at radius 2 is 2.19 bits per heavy atom. The molecule has 0 bridgehead atoms. The Kier molecular flexibility index (Phi) is 5.46. The normalized spacial score (nSPS) is 10.5. The van der Waals surface area contributed by atoms with Crippen LogP contribution in [0.1, 0.15) is 37.0 Å². The molecule has 0 aliphatic rings. The van der Waals surface area contributed by atoms with Gasteiger partial charge < -0.3 is 5.32 Å². The highest BCUT2D eigenvalue weighted by Crippen LogP contribution is 2.09. The molecule has 1 amide bonds. The predicted molar refractivity (Wildman–Crippen MR) is 68.3 cm³/mol. The molecule has 0 aliphatic carbocycles. The first-order chi connectivity index (χ1) is 7.67. The average molecular weight is 285 g/mol. The van der Waals surface area contributed by atoms with Crippen LogP contribution in [0.15, 0.2) is 22.9 Å². The van der Waals surface area contributed by atoms with Gasteiger partial charge in [-0.1, -0.05) is 26.7 Å². The fourth-order valence-electron chi connectivity index (χ4n) is 1.46. The number of halogens is 1. The van der Waals surface area contributed by atoms with Gasteiger partial charge in [0.25, 0.3) is 5.91 Å². The quantitative estimate of drug-likeness (QED) is 0.845. The minimum Gasteiger partial charge on any atom is -0.352 e. The van der Waals surface area contributed by atoms with E-state index in [1.165, 1.54) is 0 Å². The molecule has 3 nitrogen and oxygen atoms in total. The molecular weight excluding hydrogens is 268 g/mol. The number of nitrogens with one attached hydrogen (secondary N) is 1. The highest BCUT2D eigenvalue weighted by atomic mass is 79.9. The summed E-state index contributed by atoms with van der Waals surface area (Å²) in [6.45, 7) is 5.03. The van der Waals surface area contributed by atoms with Crippen molar-refractivity contribution in [2.24, 2.45) is 5.92 Å². The summed E-state index contributed by atoms with van der Waals surface area (Å²) < 4.78 is 0.683. The van der Waals surface area contributed by atoms with Crippen LogP contribution >= 0.6 is 15.9 Å². The molecule has 0 aromatic carbocycles. The number of carbonyl (C=O) groups is 1. The molecular formula is C12H17BrN2O. The summed E-state index contributed by atoms with van der Waals surface area (Å²) >= 11 is 3.25. The van der Waals surface area contributed by atoms with E-state index < -0.39 is 0 Å². The van der Waals surface area contributed by atoms with E-state index in [4.69, 9.17) is 0 Å². The van der Waals surface area contributed by atoms with Crippen LogP contribution in [0.25, 0.3) is 0 Å². The first-order valence-corrected chi connectivity index (χ1v) is 6.36.